The van der Waals surface area contributed by atoms with Crippen molar-refractivity contribution < 1.29 is 14.7 Å². The Morgan fingerprint density at radius 2 is 1.86 bits per heavy atom. The SMILES string of the molecule is Cc1ccc(NC(=O)N(C)CCCN(C)C)c(C(=O)O)c1. The standard InChI is InChI=1S/C15H23N3O3/c1-11-6-7-13(12(10-11)14(19)20)16-15(21)18(4)9-5-8-17(2)3/h6-7,10H,5,8-9H2,1-4H3,(H,16,21)(H,19,20). The Hall–Kier alpha value is -2.08. The third kappa shape index (κ3) is 5.43. The lowest BCUT2D eigenvalue weighted by Gasteiger charge is -2.20. The number of carboxylic acids is 1. The summed E-state index contributed by atoms with van der Waals surface area (Å²) in [7, 11) is 5.65. The van der Waals surface area contributed by atoms with Crippen LogP contribution < -0.4 is 5.32 Å². The first-order chi connectivity index (χ1) is 9.81. The number of carbonyl (C=O) groups excluding carboxylic acids is 1. The molecule has 0 bridgehead atoms. The van der Waals surface area contributed by atoms with Crippen LogP contribution in [-0.4, -0.2) is 61.1 Å². The van der Waals surface area contributed by atoms with E-state index in [1.807, 2.05) is 25.9 Å². The Morgan fingerprint density at radius 1 is 1.19 bits per heavy atom. The highest BCUT2D eigenvalue weighted by Gasteiger charge is 2.14. The van der Waals surface area contributed by atoms with Gasteiger partial charge in [0.2, 0.25) is 0 Å². The van der Waals surface area contributed by atoms with Gasteiger partial charge in [0.05, 0.1) is 11.3 Å². The molecule has 2 amide bonds. The van der Waals surface area contributed by atoms with Crippen molar-refractivity contribution in [1.82, 2.24) is 9.80 Å². The number of urea groups is 1. The first-order valence-corrected chi connectivity index (χ1v) is 6.82. The molecule has 6 nitrogen and oxygen atoms in total. The maximum absolute atomic E-state index is 12.1. The van der Waals surface area contributed by atoms with E-state index in [1.54, 1.807) is 30.1 Å². The molecule has 1 aromatic rings. The number of aryl methyl sites for hydroxylation is 1. The smallest absolute Gasteiger partial charge is 0.337 e. The molecule has 1 aromatic carbocycles. The Labute approximate surface area is 125 Å². The Balaban J connectivity index is 2.68. The summed E-state index contributed by atoms with van der Waals surface area (Å²) < 4.78 is 0. The number of carbonyl (C=O) groups is 2. The van der Waals surface area contributed by atoms with E-state index >= 15 is 0 Å². The van der Waals surface area contributed by atoms with E-state index < -0.39 is 5.97 Å². The lowest BCUT2D eigenvalue weighted by Crippen LogP contribution is -2.33. The summed E-state index contributed by atoms with van der Waals surface area (Å²) in [6, 6.07) is 4.63. The maximum atomic E-state index is 12.1. The summed E-state index contributed by atoms with van der Waals surface area (Å²) in [4.78, 5) is 26.9. The number of anilines is 1. The molecule has 0 heterocycles. The molecule has 0 unspecified atom stereocenters. The predicted octanol–water partition coefficient (Wildman–Crippen LogP) is 2.11. The van der Waals surface area contributed by atoms with Crippen molar-refractivity contribution in [2.45, 2.75) is 13.3 Å². The highest BCUT2D eigenvalue weighted by Crippen LogP contribution is 2.17. The first kappa shape index (κ1) is 17.0. The molecule has 0 aromatic heterocycles. The fourth-order valence-electron chi connectivity index (χ4n) is 1.88. The second-order valence-electron chi connectivity index (χ2n) is 5.36. The Kier molecular flexibility index (Phi) is 6.17. The number of hydrogen-bond acceptors (Lipinski definition) is 3. The highest BCUT2D eigenvalue weighted by molar-refractivity contribution is 6.00. The minimum atomic E-state index is -1.05. The van der Waals surface area contributed by atoms with Gasteiger partial charge >= 0.3 is 12.0 Å². The van der Waals surface area contributed by atoms with Crippen LogP contribution in [0.2, 0.25) is 0 Å². The van der Waals surface area contributed by atoms with Crippen molar-refractivity contribution in [3.05, 3.63) is 29.3 Å². The van der Waals surface area contributed by atoms with Gasteiger partial charge < -0.3 is 20.2 Å². The summed E-state index contributed by atoms with van der Waals surface area (Å²) in [5.41, 5.74) is 1.26. The number of carboxylic acid groups (broad SMARTS) is 1. The normalized spacial score (nSPS) is 10.5. The van der Waals surface area contributed by atoms with Gasteiger partial charge in [0, 0.05) is 13.6 Å². The summed E-state index contributed by atoms with van der Waals surface area (Å²) in [5.74, 6) is -1.05. The molecule has 0 spiro atoms. The number of hydrogen-bond donors (Lipinski definition) is 2. The lowest BCUT2D eigenvalue weighted by molar-refractivity contribution is 0.0698. The average molecular weight is 293 g/mol. The van der Waals surface area contributed by atoms with Gasteiger partial charge in [-0.15, -0.1) is 0 Å². The molecule has 0 aliphatic rings. The molecule has 0 saturated carbocycles. The number of rotatable bonds is 6. The van der Waals surface area contributed by atoms with Crippen LogP contribution in [0.25, 0.3) is 0 Å². The van der Waals surface area contributed by atoms with E-state index in [-0.39, 0.29) is 11.6 Å². The summed E-state index contributed by atoms with van der Waals surface area (Å²) in [6.45, 7) is 3.31. The number of aromatic carboxylic acids is 1. The van der Waals surface area contributed by atoms with Crippen LogP contribution in [0.3, 0.4) is 0 Å². The van der Waals surface area contributed by atoms with Crippen molar-refractivity contribution in [1.29, 1.82) is 0 Å². The molecule has 6 heteroatoms. The van der Waals surface area contributed by atoms with Crippen molar-refractivity contribution in [3.8, 4) is 0 Å². The van der Waals surface area contributed by atoms with E-state index in [9.17, 15) is 14.7 Å². The summed E-state index contributed by atoms with van der Waals surface area (Å²) in [6.07, 6.45) is 0.858. The molecular formula is C15H23N3O3. The van der Waals surface area contributed by atoms with E-state index in [0.717, 1.165) is 18.5 Å². The van der Waals surface area contributed by atoms with Gasteiger partial charge in [-0.2, -0.15) is 0 Å². The molecule has 0 radical (unpaired) electrons. The van der Waals surface area contributed by atoms with Crippen LogP contribution in [0.1, 0.15) is 22.3 Å². The van der Waals surface area contributed by atoms with Crippen LogP contribution in [0.4, 0.5) is 10.5 Å². The third-order valence-electron chi connectivity index (χ3n) is 3.09. The molecular weight excluding hydrogens is 270 g/mol. The Morgan fingerprint density at radius 3 is 2.43 bits per heavy atom. The van der Waals surface area contributed by atoms with Gasteiger partial charge in [0.15, 0.2) is 0 Å². The molecule has 2 N–H and O–H groups in total. The van der Waals surface area contributed by atoms with Crippen molar-refractivity contribution >= 4 is 17.7 Å². The first-order valence-electron chi connectivity index (χ1n) is 6.82. The van der Waals surface area contributed by atoms with Crippen molar-refractivity contribution in [2.24, 2.45) is 0 Å². The van der Waals surface area contributed by atoms with Crippen LogP contribution in [0.5, 0.6) is 0 Å². The van der Waals surface area contributed by atoms with Gasteiger partial charge in [-0.3, -0.25) is 0 Å². The molecule has 1 rings (SSSR count). The number of amides is 2. The monoisotopic (exact) mass is 293 g/mol. The minimum Gasteiger partial charge on any atom is -0.478 e. The fraction of sp³-hybridized carbons (Fsp3) is 0.467. The van der Waals surface area contributed by atoms with Crippen LogP contribution in [0, 0.1) is 6.92 Å². The van der Waals surface area contributed by atoms with E-state index in [0.29, 0.717) is 12.2 Å². The second kappa shape index (κ2) is 7.64. The molecule has 21 heavy (non-hydrogen) atoms. The van der Waals surface area contributed by atoms with Crippen LogP contribution in [0.15, 0.2) is 18.2 Å². The largest absolute Gasteiger partial charge is 0.478 e. The van der Waals surface area contributed by atoms with Crippen molar-refractivity contribution in [2.75, 3.05) is 39.5 Å². The lowest BCUT2D eigenvalue weighted by atomic mass is 10.1. The molecule has 0 fully saturated rings. The Bertz CT molecular complexity index is 515. The second-order valence-corrected chi connectivity index (χ2v) is 5.36. The van der Waals surface area contributed by atoms with E-state index in [4.69, 9.17) is 0 Å². The van der Waals surface area contributed by atoms with Gasteiger partial charge in [0.25, 0.3) is 0 Å². The zero-order valence-electron chi connectivity index (χ0n) is 13.0. The minimum absolute atomic E-state index is 0.102. The molecule has 0 atom stereocenters. The number of benzene rings is 1. The van der Waals surface area contributed by atoms with Crippen LogP contribution in [-0.2, 0) is 0 Å². The molecule has 0 aliphatic heterocycles. The zero-order valence-corrected chi connectivity index (χ0v) is 13.0. The third-order valence-corrected chi connectivity index (χ3v) is 3.09. The van der Waals surface area contributed by atoms with Crippen LogP contribution >= 0.6 is 0 Å². The summed E-state index contributed by atoms with van der Waals surface area (Å²) in [5, 5.41) is 11.8. The van der Waals surface area contributed by atoms with Gasteiger partial charge in [0.1, 0.15) is 0 Å². The molecule has 116 valence electrons. The fourth-order valence-corrected chi connectivity index (χ4v) is 1.88. The van der Waals surface area contributed by atoms with Gasteiger partial charge in [-0.1, -0.05) is 11.6 Å². The number of nitrogens with one attached hydrogen (secondary N) is 1. The number of nitrogens with zero attached hydrogens (tertiary/aromatic N) is 2. The molecule has 0 aliphatic carbocycles. The van der Waals surface area contributed by atoms with Gasteiger partial charge in [-0.05, 0) is 46.1 Å². The average Bonchev–Trinajstić information content (AvgIpc) is 2.39. The van der Waals surface area contributed by atoms with Crippen molar-refractivity contribution in [3.63, 3.8) is 0 Å². The predicted molar refractivity (Wildman–Crippen MR) is 83.0 cm³/mol. The van der Waals surface area contributed by atoms with Gasteiger partial charge in [-0.25, -0.2) is 9.59 Å². The zero-order chi connectivity index (χ0) is 16.0. The quantitative estimate of drug-likeness (QED) is 0.842. The molecule has 0 saturated heterocycles. The summed E-state index contributed by atoms with van der Waals surface area (Å²) >= 11 is 0. The van der Waals surface area contributed by atoms with E-state index in [1.165, 1.54) is 0 Å². The topological polar surface area (TPSA) is 72.9 Å². The maximum Gasteiger partial charge on any atom is 0.337 e. The van der Waals surface area contributed by atoms with E-state index in [2.05, 4.69) is 5.32 Å². The highest BCUT2D eigenvalue weighted by atomic mass is 16.4.